The summed E-state index contributed by atoms with van der Waals surface area (Å²) in [7, 11) is 0. The molecule has 0 fully saturated rings. The maximum absolute atomic E-state index is 10.7. The van der Waals surface area contributed by atoms with E-state index in [0.29, 0.717) is 11.1 Å². The summed E-state index contributed by atoms with van der Waals surface area (Å²) in [6.07, 6.45) is 2.34. The molecule has 5 heteroatoms. The normalized spacial score (nSPS) is 11.3. The largest absolute Gasteiger partial charge is 0.329 e. The highest BCUT2D eigenvalue weighted by molar-refractivity contribution is 5.61. The van der Waals surface area contributed by atoms with Crippen LogP contribution in [0.5, 0.6) is 0 Å². The van der Waals surface area contributed by atoms with Gasteiger partial charge in [-0.25, -0.2) is 0 Å². The van der Waals surface area contributed by atoms with Crippen molar-refractivity contribution in [1.82, 2.24) is 4.98 Å². The van der Waals surface area contributed by atoms with Crippen LogP contribution >= 0.6 is 0 Å². The molecule has 68 valence electrons. The number of nitro groups is 1. The summed E-state index contributed by atoms with van der Waals surface area (Å²) < 4.78 is 0. The van der Waals surface area contributed by atoms with Crippen molar-refractivity contribution in [1.29, 1.82) is 0 Å². The summed E-state index contributed by atoms with van der Waals surface area (Å²) in [6, 6.07) is 2.86. The van der Waals surface area contributed by atoms with E-state index >= 15 is 0 Å². The first-order valence-corrected chi connectivity index (χ1v) is 3.60. The van der Waals surface area contributed by atoms with Crippen LogP contribution in [0.15, 0.2) is 29.3 Å². The van der Waals surface area contributed by atoms with Gasteiger partial charge in [0.05, 0.1) is 4.92 Å². The number of hydrogen-bond donors (Lipinski definition) is 1. The molecule has 0 radical (unpaired) electrons. The molecule has 0 unspecified atom stereocenters. The number of pyridine rings is 1. The van der Waals surface area contributed by atoms with Crippen molar-refractivity contribution in [3.8, 4) is 0 Å². The van der Waals surface area contributed by atoms with Gasteiger partial charge in [-0.05, 0) is 18.6 Å². The summed E-state index contributed by atoms with van der Waals surface area (Å²) >= 11 is 0. The lowest BCUT2D eigenvalue weighted by atomic mass is 10.1. The van der Waals surface area contributed by atoms with Crippen LogP contribution in [0.4, 0.5) is 0 Å². The van der Waals surface area contributed by atoms with Crippen LogP contribution in [0.3, 0.4) is 0 Å². The van der Waals surface area contributed by atoms with Crippen LogP contribution in [-0.2, 0) is 0 Å². The van der Waals surface area contributed by atoms with Gasteiger partial charge < -0.3 is 4.98 Å². The monoisotopic (exact) mass is 180 g/mol. The van der Waals surface area contributed by atoms with E-state index in [0.717, 1.165) is 6.20 Å². The van der Waals surface area contributed by atoms with Crippen LogP contribution in [0.2, 0.25) is 0 Å². The Labute approximate surface area is 73.9 Å². The lowest BCUT2D eigenvalue weighted by molar-refractivity contribution is -0.401. The Hall–Kier alpha value is -1.91. The molecule has 0 amide bonds. The van der Waals surface area contributed by atoms with Gasteiger partial charge in [-0.15, -0.1) is 0 Å². The molecule has 0 spiro atoms. The molecule has 1 heterocycles. The lowest BCUT2D eigenvalue weighted by Crippen LogP contribution is -2.02. The zero-order chi connectivity index (χ0) is 9.84. The zero-order valence-electron chi connectivity index (χ0n) is 6.98. The van der Waals surface area contributed by atoms with Gasteiger partial charge in [0.25, 0.3) is 0 Å². The second-order valence-corrected chi connectivity index (χ2v) is 2.54. The highest BCUT2D eigenvalue weighted by Crippen LogP contribution is 2.09. The first-order valence-electron chi connectivity index (χ1n) is 3.60. The Kier molecular flexibility index (Phi) is 2.59. The van der Waals surface area contributed by atoms with Crippen molar-refractivity contribution in [2.45, 2.75) is 6.92 Å². The molecule has 13 heavy (non-hydrogen) atoms. The minimum atomic E-state index is -0.527. The van der Waals surface area contributed by atoms with Crippen LogP contribution in [0.1, 0.15) is 12.5 Å². The first-order chi connectivity index (χ1) is 6.09. The van der Waals surface area contributed by atoms with Crippen molar-refractivity contribution in [2.24, 2.45) is 0 Å². The predicted molar refractivity (Wildman–Crippen MR) is 47.7 cm³/mol. The summed E-state index contributed by atoms with van der Waals surface area (Å²) in [5.74, 6) is 0. The molecular formula is C8H8N2O3. The summed E-state index contributed by atoms with van der Waals surface area (Å²) in [4.78, 5) is 22.7. The summed E-state index contributed by atoms with van der Waals surface area (Å²) in [5, 5.41) is 10.1. The predicted octanol–water partition coefficient (Wildman–Crippen LogP) is 1.01. The Balaban J connectivity index is 3.02. The summed E-state index contributed by atoms with van der Waals surface area (Å²) in [6.45, 7) is 1.61. The fraction of sp³-hybridized carbons (Fsp3) is 0.125. The number of aromatic amines is 1. The van der Waals surface area contributed by atoms with E-state index in [1.54, 1.807) is 6.92 Å². The highest BCUT2D eigenvalue weighted by atomic mass is 16.6. The van der Waals surface area contributed by atoms with Gasteiger partial charge >= 0.3 is 0 Å². The SMILES string of the molecule is C/C(=C\[N+](=O)[O-])c1ccc(=O)[nH]c1. The van der Waals surface area contributed by atoms with Gasteiger partial charge in [-0.1, -0.05) is 0 Å². The average Bonchev–Trinajstić information content (AvgIpc) is 2.04. The van der Waals surface area contributed by atoms with Crippen LogP contribution in [0.25, 0.3) is 5.57 Å². The van der Waals surface area contributed by atoms with Crippen molar-refractivity contribution in [3.05, 3.63) is 50.6 Å². The van der Waals surface area contributed by atoms with E-state index in [1.165, 1.54) is 18.3 Å². The second-order valence-electron chi connectivity index (χ2n) is 2.54. The summed E-state index contributed by atoms with van der Waals surface area (Å²) in [5.41, 5.74) is 0.912. The third-order valence-corrected chi connectivity index (χ3v) is 1.54. The number of aromatic nitrogens is 1. The number of allylic oxidation sites excluding steroid dienone is 1. The molecule has 1 aromatic heterocycles. The highest BCUT2D eigenvalue weighted by Gasteiger charge is 1.99. The first kappa shape index (κ1) is 9.18. The lowest BCUT2D eigenvalue weighted by Gasteiger charge is -1.95. The Bertz CT molecular complexity index is 386. The molecule has 0 saturated carbocycles. The van der Waals surface area contributed by atoms with E-state index in [1.807, 2.05) is 0 Å². The fourth-order valence-electron chi connectivity index (χ4n) is 0.889. The molecule has 0 aliphatic heterocycles. The molecular weight excluding hydrogens is 172 g/mol. The standard InChI is InChI=1S/C8H8N2O3/c1-6(5-10(12)13)7-2-3-8(11)9-4-7/h2-5H,1H3,(H,9,11)/b6-5+. The van der Waals surface area contributed by atoms with Gasteiger partial charge in [-0.3, -0.25) is 14.9 Å². The minimum Gasteiger partial charge on any atom is -0.329 e. The fourth-order valence-corrected chi connectivity index (χ4v) is 0.889. The molecule has 0 saturated heterocycles. The number of H-pyrrole nitrogens is 1. The van der Waals surface area contributed by atoms with Crippen LogP contribution < -0.4 is 5.56 Å². The molecule has 1 N–H and O–H groups in total. The quantitative estimate of drug-likeness (QED) is 0.545. The van der Waals surface area contributed by atoms with Crippen molar-refractivity contribution in [2.75, 3.05) is 0 Å². The zero-order valence-corrected chi connectivity index (χ0v) is 6.98. The van der Waals surface area contributed by atoms with E-state index in [9.17, 15) is 14.9 Å². The maximum Gasteiger partial charge on any atom is 0.247 e. The number of hydrogen-bond acceptors (Lipinski definition) is 3. The molecule has 0 aliphatic rings. The van der Waals surface area contributed by atoms with Gasteiger partial charge in [-0.2, -0.15) is 0 Å². The third kappa shape index (κ3) is 2.55. The van der Waals surface area contributed by atoms with Gasteiger partial charge in [0.2, 0.25) is 11.8 Å². The van der Waals surface area contributed by atoms with Crippen molar-refractivity contribution < 1.29 is 4.92 Å². The topological polar surface area (TPSA) is 76.0 Å². The van der Waals surface area contributed by atoms with E-state index in [4.69, 9.17) is 0 Å². The van der Waals surface area contributed by atoms with Gasteiger partial charge in [0.1, 0.15) is 0 Å². The molecule has 1 rings (SSSR count). The van der Waals surface area contributed by atoms with E-state index in [2.05, 4.69) is 4.98 Å². The third-order valence-electron chi connectivity index (χ3n) is 1.54. The van der Waals surface area contributed by atoms with Crippen molar-refractivity contribution >= 4 is 5.57 Å². The molecule has 0 atom stereocenters. The second kappa shape index (κ2) is 3.66. The molecule has 5 nitrogen and oxygen atoms in total. The minimum absolute atomic E-state index is 0.224. The Morgan fingerprint density at radius 1 is 1.62 bits per heavy atom. The van der Waals surface area contributed by atoms with Gasteiger partial charge in [0.15, 0.2) is 0 Å². The number of rotatable bonds is 2. The molecule has 0 aliphatic carbocycles. The van der Waals surface area contributed by atoms with Crippen LogP contribution in [-0.4, -0.2) is 9.91 Å². The number of nitrogens with one attached hydrogen (secondary N) is 1. The average molecular weight is 180 g/mol. The molecule has 0 aromatic carbocycles. The Morgan fingerprint density at radius 3 is 2.77 bits per heavy atom. The maximum atomic E-state index is 10.7. The Morgan fingerprint density at radius 2 is 2.31 bits per heavy atom. The molecule has 0 bridgehead atoms. The van der Waals surface area contributed by atoms with Gasteiger partial charge in [0, 0.05) is 17.8 Å². The molecule has 1 aromatic rings. The van der Waals surface area contributed by atoms with E-state index < -0.39 is 4.92 Å². The smallest absolute Gasteiger partial charge is 0.247 e. The van der Waals surface area contributed by atoms with Crippen LogP contribution in [0, 0.1) is 10.1 Å². The van der Waals surface area contributed by atoms with Crippen molar-refractivity contribution in [3.63, 3.8) is 0 Å². The van der Waals surface area contributed by atoms with E-state index in [-0.39, 0.29) is 5.56 Å². The number of nitrogens with zero attached hydrogens (tertiary/aromatic N) is 1.